The average Bonchev–Trinajstić information content (AvgIpc) is 2.63. The smallest absolute Gasteiger partial charge is 0.228 e. The quantitative estimate of drug-likeness (QED) is 0.860. The number of aliphatic hydroxyl groups is 1. The predicted molar refractivity (Wildman–Crippen MR) is 81.5 cm³/mol. The molecule has 0 spiro atoms. The largest absolute Gasteiger partial charge is 0.393 e. The summed E-state index contributed by atoms with van der Waals surface area (Å²) in [6.07, 6.45) is 10.8. The first-order valence-corrected chi connectivity index (χ1v) is 8.52. The van der Waals surface area contributed by atoms with E-state index in [0.717, 1.165) is 38.6 Å². The molecular formula is C17H31NO2. The van der Waals surface area contributed by atoms with Crippen molar-refractivity contribution in [3.63, 3.8) is 0 Å². The summed E-state index contributed by atoms with van der Waals surface area (Å²) in [5.74, 6) is 0.366. The zero-order valence-corrected chi connectivity index (χ0v) is 13.2. The van der Waals surface area contributed by atoms with Gasteiger partial charge in [0.1, 0.15) is 0 Å². The number of aliphatic hydroxyl groups excluding tert-OH is 1. The maximum Gasteiger partial charge on any atom is 0.228 e. The SMILES string of the molecule is CC(O)CC1CCCCCN1C(=O)C1(C)CCCCC1. The van der Waals surface area contributed by atoms with Gasteiger partial charge in [-0.15, -0.1) is 0 Å². The number of amides is 1. The summed E-state index contributed by atoms with van der Waals surface area (Å²) in [7, 11) is 0. The number of hydrogen-bond acceptors (Lipinski definition) is 2. The molecular weight excluding hydrogens is 250 g/mol. The highest BCUT2D eigenvalue weighted by atomic mass is 16.3. The van der Waals surface area contributed by atoms with Crippen molar-refractivity contribution in [3.05, 3.63) is 0 Å². The Bertz CT molecular complexity index is 321. The Labute approximate surface area is 123 Å². The molecule has 0 aromatic heterocycles. The highest BCUT2D eigenvalue weighted by Gasteiger charge is 2.40. The monoisotopic (exact) mass is 281 g/mol. The van der Waals surface area contributed by atoms with Crippen molar-refractivity contribution in [2.75, 3.05) is 6.54 Å². The number of rotatable bonds is 3. The van der Waals surface area contributed by atoms with Crippen LogP contribution in [0.15, 0.2) is 0 Å². The van der Waals surface area contributed by atoms with E-state index in [0.29, 0.717) is 5.91 Å². The molecule has 20 heavy (non-hydrogen) atoms. The van der Waals surface area contributed by atoms with Crippen molar-refractivity contribution in [1.82, 2.24) is 4.90 Å². The van der Waals surface area contributed by atoms with Crippen LogP contribution in [-0.4, -0.2) is 34.6 Å². The van der Waals surface area contributed by atoms with Gasteiger partial charge in [0, 0.05) is 18.0 Å². The summed E-state index contributed by atoms with van der Waals surface area (Å²) < 4.78 is 0. The molecule has 0 aromatic carbocycles. The van der Waals surface area contributed by atoms with E-state index in [2.05, 4.69) is 11.8 Å². The average molecular weight is 281 g/mol. The lowest BCUT2D eigenvalue weighted by Gasteiger charge is -2.40. The maximum atomic E-state index is 13.1. The summed E-state index contributed by atoms with van der Waals surface area (Å²) >= 11 is 0. The van der Waals surface area contributed by atoms with Crippen molar-refractivity contribution >= 4 is 5.91 Å². The van der Waals surface area contributed by atoms with Crippen LogP contribution < -0.4 is 0 Å². The molecule has 1 saturated heterocycles. The fraction of sp³-hybridized carbons (Fsp3) is 0.941. The first-order valence-electron chi connectivity index (χ1n) is 8.52. The van der Waals surface area contributed by atoms with Crippen molar-refractivity contribution in [1.29, 1.82) is 0 Å². The fourth-order valence-electron chi connectivity index (χ4n) is 3.98. The second-order valence-corrected chi connectivity index (χ2v) is 7.21. The molecule has 1 N–H and O–H groups in total. The summed E-state index contributed by atoms with van der Waals surface area (Å²) in [5, 5.41) is 9.73. The van der Waals surface area contributed by atoms with Crippen molar-refractivity contribution in [3.8, 4) is 0 Å². The van der Waals surface area contributed by atoms with Gasteiger partial charge in [0.15, 0.2) is 0 Å². The topological polar surface area (TPSA) is 40.5 Å². The van der Waals surface area contributed by atoms with Gasteiger partial charge in [-0.1, -0.05) is 39.0 Å². The third-order valence-electron chi connectivity index (χ3n) is 5.22. The van der Waals surface area contributed by atoms with Gasteiger partial charge >= 0.3 is 0 Å². The summed E-state index contributed by atoms with van der Waals surface area (Å²) in [6.45, 7) is 4.90. The third-order valence-corrected chi connectivity index (χ3v) is 5.22. The van der Waals surface area contributed by atoms with Gasteiger partial charge in [0.2, 0.25) is 5.91 Å². The van der Waals surface area contributed by atoms with E-state index in [-0.39, 0.29) is 17.6 Å². The van der Waals surface area contributed by atoms with Crippen molar-refractivity contribution in [2.24, 2.45) is 5.41 Å². The molecule has 2 aliphatic rings. The highest BCUT2D eigenvalue weighted by molar-refractivity contribution is 5.82. The lowest BCUT2D eigenvalue weighted by Crippen LogP contribution is -2.49. The summed E-state index contributed by atoms with van der Waals surface area (Å²) in [6, 6.07) is 0.253. The molecule has 3 nitrogen and oxygen atoms in total. The van der Waals surface area contributed by atoms with E-state index in [4.69, 9.17) is 0 Å². The molecule has 1 saturated carbocycles. The van der Waals surface area contributed by atoms with Crippen molar-refractivity contribution < 1.29 is 9.90 Å². The first-order chi connectivity index (χ1) is 9.53. The Morgan fingerprint density at radius 3 is 2.50 bits per heavy atom. The lowest BCUT2D eigenvalue weighted by atomic mass is 9.74. The molecule has 2 atom stereocenters. The van der Waals surface area contributed by atoms with Gasteiger partial charge < -0.3 is 10.0 Å². The minimum atomic E-state index is -0.312. The Morgan fingerprint density at radius 2 is 1.85 bits per heavy atom. The van der Waals surface area contributed by atoms with E-state index < -0.39 is 0 Å². The van der Waals surface area contributed by atoms with Crippen LogP contribution in [0.2, 0.25) is 0 Å². The Hall–Kier alpha value is -0.570. The number of carbonyl (C=O) groups is 1. The minimum Gasteiger partial charge on any atom is -0.393 e. The Kier molecular flexibility index (Phi) is 5.48. The fourth-order valence-corrected chi connectivity index (χ4v) is 3.98. The van der Waals surface area contributed by atoms with Gasteiger partial charge in [-0.3, -0.25) is 4.79 Å². The summed E-state index contributed by atoms with van der Waals surface area (Å²) in [5.41, 5.74) is -0.139. The van der Waals surface area contributed by atoms with E-state index in [1.165, 1.54) is 32.1 Å². The molecule has 116 valence electrons. The van der Waals surface area contributed by atoms with Gasteiger partial charge in [0.05, 0.1) is 6.10 Å². The van der Waals surface area contributed by atoms with Crippen LogP contribution in [0, 0.1) is 5.41 Å². The number of hydrogen-bond donors (Lipinski definition) is 1. The van der Waals surface area contributed by atoms with Crippen LogP contribution in [0.3, 0.4) is 0 Å². The molecule has 2 fully saturated rings. The van der Waals surface area contributed by atoms with Crippen LogP contribution in [-0.2, 0) is 4.79 Å². The van der Waals surface area contributed by atoms with Gasteiger partial charge in [-0.2, -0.15) is 0 Å². The second-order valence-electron chi connectivity index (χ2n) is 7.21. The molecule has 2 rings (SSSR count). The maximum absolute atomic E-state index is 13.1. The first kappa shape index (κ1) is 15.8. The molecule has 1 heterocycles. The lowest BCUT2D eigenvalue weighted by molar-refractivity contribution is -0.146. The molecule has 3 heteroatoms. The number of nitrogens with zero attached hydrogens (tertiary/aromatic N) is 1. The molecule has 1 aliphatic heterocycles. The van der Waals surface area contributed by atoms with Crippen LogP contribution in [0.1, 0.15) is 78.1 Å². The van der Waals surface area contributed by atoms with Gasteiger partial charge in [-0.25, -0.2) is 0 Å². The van der Waals surface area contributed by atoms with E-state index in [1.54, 1.807) is 0 Å². The third kappa shape index (κ3) is 3.75. The van der Waals surface area contributed by atoms with E-state index in [1.807, 2.05) is 6.92 Å². The molecule has 0 aromatic rings. The second kappa shape index (κ2) is 6.93. The summed E-state index contributed by atoms with van der Waals surface area (Å²) in [4.78, 5) is 15.2. The number of likely N-dealkylation sites (tertiary alicyclic amines) is 1. The zero-order chi connectivity index (χ0) is 14.6. The molecule has 0 bridgehead atoms. The molecule has 0 radical (unpaired) electrons. The van der Waals surface area contributed by atoms with Crippen molar-refractivity contribution in [2.45, 2.75) is 90.2 Å². The zero-order valence-electron chi connectivity index (χ0n) is 13.2. The highest BCUT2D eigenvalue weighted by Crippen LogP contribution is 2.39. The van der Waals surface area contributed by atoms with Gasteiger partial charge in [-0.05, 0) is 39.0 Å². The minimum absolute atomic E-state index is 0.139. The van der Waals surface area contributed by atoms with Gasteiger partial charge in [0.25, 0.3) is 0 Å². The van der Waals surface area contributed by atoms with Crippen LogP contribution in [0.4, 0.5) is 0 Å². The van der Waals surface area contributed by atoms with E-state index >= 15 is 0 Å². The standard InChI is InChI=1S/C17H31NO2/c1-14(19)13-15-9-5-3-8-12-18(15)16(20)17(2)10-6-4-7-11-17/h14-15,19H,3-13H2,1-2H3. The normalized spacial score (nSPS) is 28.8. The molecule has 1 aliphatic carbocycles. The van der Waals surface area contributed by atoms with Crippen LogP contribution in [0.5, 0.6) is 0 Å². The van der Waals surface area contributed by atoms with E-state index in [9.17, 15) is 9.90 Å². The number of carbonyl (C=O) groups excluding carboxylic acids is 1. The van der Waals surface area contributed by atoms with Crippen LogP contribution >= 0.6 is 0 Å². The Balaban J connectivity index is 2.10. The molecule has 1 amide bonds. The predicted octanol–water partition coefficient (Wildman–Crippen LogP) is 3.50. The Morgan fingerprint density at radius 1 is 1.20 bits per heavy atom. The molecule has 2 unspecified atom stereocenters. The van der Waals surface area contributed by atoms with Crippen LogP contribution in [0.25, 0.3) is 0 Å².